The van der Waals surface area contributed by atoms with Crippen LogP contribution in [0, 0.1) is 11.7 Å². The topological polar surface area (TPSA) is 12.0 Å². The van der Waals surface area contributed by atoms with Crippen molar-refractivity contribution in [1.82, 2.24) is 5.32 Å². The predicted molar refractivity (Wildman–Crippen MR) is 65.4 cm³/mol. The van der Waals surface area contributed by atoms with E-state index in [1.54, 1.807) is 6.07 Å². The van der Waals surface area contributed by atoms with Crippen molar-refractivity contribution in [2.45, 2.75) is 26.3 Å². The fourth-order valence-corrected chi connectivity index (χ4v) is 2.11. The minimum atomic E-state index is -0.141. The van der Waals surface area contributed by atoms with Gasteiger partial charge in [-0.1, -0.05) is 36.2 Å². The summed E-state index contributed by atoms with van der Waals surface area (Å²) in [7, 11) is 1.87. The summed E-state index contributed by atoms with van der Waals surface area (Å²) >= 11 is 3.37. The Morgan fingerprint density at radius 2 is 2.13 bits per heavy atom. The molecule has 3 heteroatoms. The van der Waals surface area contributed by atoms with E-state index in [4.69, 9.17) is 0 Å². The quantitative estimate of drug-likeness (QED) is 0.878. The van der Waals surface area contributed by atoms with Gasteiger partial charge in [0.1, 0.15) is 5.82 Å². The predicted octanol–water partition coefficient (Wildman–Crippen LogP) is 3.89. The minimum Gasteiger partial charge on any atom is -0.313 e. The Bertz CT molecular complexity index is 327. The van der Waals surface area contributed by atoms with Gasteiger partial charge in [-0.3, -0.25) is 0 Å². The van der Waals surface area contributed by atoms with Crippen molar-refractivity contribution in [3.8, 4) is 0 Å². The molecule has 1 nitrogen and oxygen atoms in total. The second-order valence-corrected chi connectivity index (χ2v) is 4.73. The highest BCUT2D eigenvalue weighted by Gasteiger charge is 2.19. The highest BCUT2D eigenvalue weighted by atomic mass is 79.9. The Balaban J connectivity index is 3.05. The number of rotatable bonds is 4. The number of benzene rings is 1. The molecule has 1 rings (SSSR count). The smallest absolute Gasteiger partial charge is 0.128 e. The van der Waals surface area contributed by atoms with Crippen molar-refractivity contribution >= 4 is 15.9 Å². The molecule has 0 fully saturated rings. The first-order chi connectivity index (χ1) is 7.10. The molecule has 0 aliphatic rings. The average Bonchev–Trinajstić information content (AvgIpc) is 2.23. The maximum atomic E-state index is 13.6. The third kappa shape index (κ3) is 3.02. The SMILES string of the molecule is CCC(C)C(NC)c1cc(Br)ccc1F. The van der Waals surface area contributed by atoms with Gasteiger partial charge < -0.3 is 5.32 Å². The molecule has 0 heterocycles. The first-order valence-electron chi connectivity index (χ1n) is 5.22. The van der Waals surface area contributed by atoms with Crippen LogP contribution in [0.1, 0.15) is 31.9 Å². The minimum absolute atomic E-state index is 0.0764. The Labute approximate surface area is 99.2 Å². The van der Waals surface area contributed by atoms with Crippen LogP contribution in [0.25, 0.3) is 0 Å². The molecule has 84 valence electrons. The van der Waals surface area contributed by atoms with Gasteiger partial charge in [-0.25, -0.2) is 4.39 Å². The van der Waals surface area contributed by atoms with Gasteiger partial charge in [0, 0.05) is 16.1 Å². The largest absolute Gasteiger partial charge is 0.313 e. The number of hydrogen-bond donors (Lipinski definition) is 1. The van der Waals surface area contributed by atoms with Gasteiger partial charge in [-0.05, 0) is 31.2 Å². The lowest BCUT2D eigenvalue weighted by atomic mass is 9.92. The van der Waals surface area contributed by atoms with E-state index in [-0.39, 0.29) is 11.9 Å². The molecule has 0 saturated carbocycles. The van der Waals surface area contributed by atoms with E-state index in [1.807, 2.05) is 13.1 Å². The van der Waals surface area contributed by atoms with Crippen molar-refractivity contribution in [1.29, 1.82) is 0 Å². The molecule has 0 aliphatic heterocycles. The van der Waals surface area contributed by atoms with Gasteiger partial charge in [0.05, 0.1) is 0 Å². The van der Waals surface area contributed by atoms with Crippen molar-refractivity contribution < 1.29 is 4.39 Å². The zero-order chi connectivity index (χ0) is 11.4. The summed E-state index contributed by atoms with van der Waals surface area (Å²) in [6.07, 6.45) is 1.03. The molecule has 0 spiro atoms. The third-order valence-corrected chi connectivity index (χ3v) is 3.31. The van der Waals surface area contributed by atoms with Gasteiger partial charge in [-0.15, -0.1) is 0 Å². The van der Waals surface area contributed by atoms with Gasteiger partial charge in [0.2, 0.25) is 0 Å². The van der Waals surface area contributed by atoms with Crippen LogP contribution in [0.5, 0.6) is 0 Å². The van der Waals surface area contributed by atoms with Crippen LogP contribution >= 0.6 is 15.9 Å². The molecule has 0 saturated heterocycles. The number of nitrogens with one attached hydrogen (secondary N) is 1. The number of hydrogen-bond acceptors (Lipinski definition) is 1. The molecule has 1 aromatic carbocycles. The van der Waals surface area contributed by atoms with Crippen molar-refractivity contribution in [2.24, 2.45) is 5.92 Å². The summed E-state index contributed by atoms with van der Waals surface area (Å²) in [5.74, 6) is 0.275. The van der Waals surface area contributed by atoms with E-state index in [0.29, 0.717) is 5.92 Å². The fraction of sp³-hybridized carbons (Fsp3) is 0.500. The molecule has 1 aromatic rings. The molecule has 2 atom stereocenters. The second kappa shape index (κ2) is 5.61. The zero-order valence-electron chi connectivity index (χ0n) is 9.35. The molecule has 0 aromatic heterocycles. The lowest BCUT2D eigenvalue weighted by Crippen LogP contribution is -2.24. The average molecular weight is 274 g/mol. The van der Waals surface area contributed by atoms with Crippen LogP contribution in [0.15, 0.2) is 22.7 Å². The molecule has 0 aliphatic carbocycles. The van der Waals surface area contributed by atoms with Crippen molar-refractivity contribution in [2.75, 3.05) is 7.05 Å². The van der Waals surface area contributed by atoms with E-state index in [0.717, 1.165) is 16.5 Å². The molecule has 15 heavy (non-hydrogen) atoms. The summed E-state index contributed by atoms with van der Waals surface area (Å²) in [6, 6.07) is 5.16. The molecular formula is C12H17BrFN. The summed E-state index contributed by atoms with van der Waals surface area (Å²) < 4.78 is 14.6. The molecule has 1 N–H and O–H groups in total. The van der Waals surface area contributed by atoms with Gasteiger partial charge in [-0.2, -0.15) is 0 Å². The second-order valence-electron chi connectivity index (χ2n) is 3.82. The fourth-order valence-electron chi connectivity index (χ4n) is 1.74. The summed E-state index contributed by atoms with van der Waals surface area (Å²) in [5, 5.41) is 3.18. The van der Waals surface area contributed by atoms with E-state index < -0.39 is 0 Å². The third-order valence-electron chi connectivity index (χ3n) is 2.82. The standard InChI is InChI=1S/C12H17BrFN/c1-4-8(2)12(15-3)10-7-9(13)5-6-11(10)14/h5-8,12,15H,4H2,1-3H3. The van der Waals surface area contributed by atoms with Gasteiger partial charge in [0.15, 0.2) is 0 Å². The Kier molecular flexibility index (Phi) is 4.74. The van der Waals surface area contributed by atoms with Crippen molar-refractivity contribution in [3.63, 3.8) is 0 Å². The summed E-state index contributed by atoms with van der Waals surface area (Å²) in [4.78, 5) is 0. The molecule has 0 radical (unpaired) electrons. The van der Waals surface area contributed by atoms with Crippen LogP contribution in [-0.4, -0.2) is 7.05 Å². The van der Waals surface area contributed by atoms with Crippen molar-refractivity contribution in [3.05, 3.63) is 34.1 Å². The summed E-state index contributed by atoms with van der Waals surface area (Å²) in [5.41, 5.74) is 0.737. The van der Waals surface area contributed by atoms with E-state index in [1.165, 1.54) is 6.07 Å². The summed E-state index contributed by atoms with van der Waals surface area (Å²) in [6.45, 7) is 4.24. The van der Waals surface area contributed by atoms with E-state index >= 15 is 0 Å². The van der Waals surface area contributed by atoms with Crippen LogP contribution < -0.4 is 5.32 Å². The van der Waals surface area contributed by atoms with Crippen LogP contribution in [-0.2, 0) is 0 Å². The van der Waals surface area contributed by atoms with Gasteiger partial charge >= 0.3 is 0 Å². The first-order valence-corrected chi connectivity index (χ1v) is 6.01. The molecular weight excluding hydrogens is 257 g/mol. The monoisotopic (exact) mass is 273 g/mol. The first kappa shape index (κ1) is 12.7. The lowest BCUT2D eigenvalue weighted by molar-refractivity contribution is 0.387. The Morgan fingerprint density at radius 3 is 2.67 bits per heavy atom. The Hall–Kier alpha value is -0.410. The Morgan fingerprint density at radius 1 is 1.47 bits per heavy atom. The van der Waals surface area contributed by atoms with Crippen LogP contribution in [0.3, 0.4) is 0 Å². The van der Waals surface area contributed by atoms with Crippen LogP contribution in [0.2, 0.25) is 0 Å². The maximum absolute atomic E-state index is 13.6. The van der Waals surface area contributed by atoms with E-state index in [2.05, 4.69) is 35.1 Å². The molecule has 0 amide bonds. The normalized spacial score (nSPS) is 15.0. The molecule has 2 unspecified atom stereocenters. The van der Waals surface area contributed by atoms with E-state index in [9.17, 15) is 4.39 Å². The number of halogens is 2. The van der Waals surface area contributed by atoms with Gasteiger partial charge in [0.25, 0.3) is 0 Å². The zero-order valence-corrected chi connectivity index (χ0v) is 10.9. The molecule has 0 bridgehead atoms. The lowest BCUT2D eigenvalue weighted by Gasteiger charge is -2.23. The highest BCUT2D eigenvalue weighted by molar-refractivity contribution is 9.10. The maximum Gasteiger partial charge on any atom is 0.128 e. The van der Waals surface area contributed by atoms with Crippen LogP contribution in [0.4, 0.5) is 4.39 Å². The highest BCUT2D eigenvalue weighted by Crippen LogP contribution is 2.28.